The average molecular weight is 277 g/mol. The van der Waals surface area contributed by atoms with E-state index in [0.717, 1.165) is 24.2 Å². The van der Waals surface area contributed by atoms with Gasteiger partial charge < -0.3 is 10.1 Å². The van der Waals surface area contributed by atoms with E-state index in [4.69, 9.17) is 4.74 Å². The van der Waals surface area contributed by atoms with Crippen molar-refractivity contribution in [3.05, 3.63) is 29.8 Å². The lowest BCUT2D eigenvalue weighted by atomic mass is 10.0. The summed E-state index contributed by atoms with van der Waals surface area (Å²) in [6.07, 6.45) is 2.84. The Kier molecular flexibility index (Phi) is 7.13. The van der Waals surface area contributed by atoms with Crippen LogP contribution >= 0.6 is 0 Å². The average Bonchev–Trinajstić information content (AvgIpc) is 2.39. The first-order valence-corrected chi connectivity index (χ1v) is 7.58. The van der Waals surface area contributed by atoms with Crippen molar-refractivity contribution in [2.75, 3.05) is 6.61 Å². The van der Waals surface area contributed by atoms with E-state index >= 15 is 0 Å². The van der Waals surface area contributed by atoms with Crippen molar-refractivity contribution >= 4 is 5.91 Å². The molecule has 1 aromatic carbocycles. The second-order valence-electron chi connectivity index (χ2n) is 5.39. The van der Waals surface area contributed by atoms with Crippen LogP contribution < -0.4 is 10.1 Å². The molecule has 2 atom stereocenters. The molecule has 0 aliphatic carbocycles. The number of benzene rings is 1. The number of hydrogen-bond acceptors (Lipinski definition) is 2. The first-order valence-electron chi connectivity index (χ1n) is 7.58. The molecule has 1 aromatic rings. The predicted octanol–water partition coefficient (Wildman–Crippen LogP) is 4.09. The van der Waals surface area contributed by atoms with Gasteiger partial charge in [-0.3, -0.25) is 4.79 Å². The Balaban J connectivity index is 2.48. The van der Waals surface area contributed by atoms with Gasteiger partial charge in [-0.15, -0.1) is 0 Å². The summed E-state index contributed by atoms with van der Waals surface area (Å²) in [5, 5.41) is 3.06. The highest BCUT2D eigenvalue weighted by molar-refractivity contribution is 5.76. The normalized spacial score (nSPS) is 13.6. The molecule has 1 amide bonds. The quantitative estimate of drug-likeness (QED) is 0.777. The van der Waals surface area contributed by atoms with Gasteiger partial charge in [0.1, 0.15) is 5.75 Å². The van der Waals surface area contributed by atoms with Crippen LogP contribution in [0.5, 0.6) is 5.75 Å². The van der Waals surface area contributed by atoms with E-state index in [-0.39, 0.29) is 11.9 Å². The maximum Gasteiger partial charge on any atom is 0.220 e. The minimum Gasteiger partial charge on any atom is -0.494 e. The van der Waals surface area contributed by atoms with Gasteiger partial charge in [-0.1, -0.05) is 38.8 Å². The molecule has 3 nitrogen and oxygen atoms in total. The molecule has 0 spiro atoms. The second kappa shape index (κ2) is 8.62. The molecule has 0 saturated carbocycles. The van der Waals surface area contributed by atoms with Crippen LogP contribution in [0.25, 0.3) is 0 Å². The number of nitrogens with one attached hydrogen (secondary N) is 1. The van der Waals surface area contributed by atoms with Gasteiger partial charge in [0.15, 0.2) is 0 Å². The third-order valence-electron chi connectivity index (χ3n) is 3.38. The molecule has 0 aliphatic rings. The van der Waals surface area contributed by atoms with Gasteiger partial charge in [-0.05, 0) is 37.5 Å². The molecule has 0 saturated heterocycles. The van der Waals surface area contributed by atoms with Crippen molar-refractivity contribution in [3.63, 3.8) is 0 Å². The molecule has 3 heteroatoms. The Bertz CT molecular complexity index is 400. The topological polar surface area (TPSA) is 38.3 Å². The lowest BCUT2D eigenvalue weighted by molar-refractivity contribution is -0.122. The van der Waals surface area contributed by atoms with Crippen LogP contribution in [0.1, 0.15) is 58.6 Å². The summed E-state index contributed by atoms with van der Waals surface area (Å²) < 4.78 is 5.41. The number of amides is 1. The standard InChI is InChI=1S/C17H27NO2/c1-5-7-13(3)12-17(19)18-14(4)15-8-10-16(11-9-15)20-6-2/h8-11,13-14H,5-7,12H2,1-4H3,(H,18,19). The van der Waals surface area contributed by atoms with E-state index in [0.29, 0.717) is 18.9 Å². The Hall–Kier alpha value is -1.51. The van der Waals surface area contributed by atoms with Crippen molar-refractivity contribution in [1.29, 1.82) is 0 Å². The number of ether oxygens (including phenoxy) is 1. The minimum atomic E-state index is 0.0343. The molecule has 112 valence electrons. The number of rotatable bonds is 8. The highest BCUT2D eigenvalue weighted by Crippen LogP contribution is 2.18. The van der Waals surface area contributed by atoms with Gasteiger partial charge in [0.25, 0.3) is 0 Å². The summed E-state index contributed by atoms with van der Waals surface area (Å²) in [6, 6.07) is 7.94. The fourth-order valence-electron chi connectivity index (χ4n) is 2.31. The van der Waals surface area contributed by atoms with Gasteiger partial charge in [0, 0.05) is 6.42 Å². The molecule has 20 heavy (non-hydrogen) atoms. The first kappa shape index (κ1) is 16.5. The molecule has 1 rings (SSSR count). The van der Waals surface area contributed by atoms with Crippen LogP contribution in [0.15, 0.2) is 24.3 Å². The van der Waals surface area contributed by atoms with Gasteiger partial charge in [-0.2, -0.15) is 0 Å². The van der Waals surface area contributed by atoms with E-state index in [1.165, 1.54) is 0 Å². The zero-order valence-electron chi connectivity index (χ0n) is 13.1. The lowest BCUT2D eigenvalue weighted by Gasteiger charge is -2.16. The van der Waals surface area contributed by atoms with Crippen molar-refractivity contribution in [1.82, 2.24) is 5.32 Å². The summed E-state index contributed by atoms with van der Waals surface area (Å²) in [5.74, 6) is 1.45. The monoisotopic (exact) mass is 277 g/mol. The van der Waals surface area contributed by atoms with Crippen molar-refractivity contribution in [2.45, 2.75) is 53.0 Å². The highest BCUT2D eigenvalue weighted by Gasteiger charge is 2.12. The van der Waals surface area contributed by atoms with E-state index in [1.807, 2.05) is 38.1 Å². The zero-order valence-corrected chi connectivity index (χ0v) is 13.1. The summed E-state index contributed by atoms with van der Waals surface area (Å²) in [7, 11) is 0. The second-order valence-corrected chi connectivity index (χ2v) is 5.39. The third kappa shape index (κ3) is 5.64. The molecule has 1 N–H and O–H groups in total. The Morgan fingerprint density at radius 3 is 2.40 bits per heavy atom. The zero-order chi connectivity index (χ0) is 15.0. The van der Waals surface area contributed by atoms with E-state index in [9.17, 15) is 4.79 Å². The molecule has 0 fully saturated rings. The summed E-state index contributed by atoms with van der Waals surface area (Å²) >= 11 is 0. The fraction of sp³-hybridized carbons (Fsp3) is 0.588. The Morgan fingerprint density at radius 1 is 1.20 bits per heavy atom. The minimum absolute atomic E-state index is 0.0343. The van der Waals surface area contributed by atoms with Crippen LogP contribution in [0.4, 0.5) is 0 Å². The third-order valence-corrected chi connectivity index (χ3v) is 3.38. The highest BCUT2D eigenvalue weighted by atomic mass is 16.5. The first-order chi connectivity index (χ1) is 9.56. The predicted molar refractivity (Wildman–Crippen MR) is 82.9 cm³/mol. The number of carbonyl (C=O) groups is 1. The Morgan fingerprint density at radius 2 is 1.85 bits per heavy atom. The number of carbonyl (C=O) groups excluding carboxylic acids is 1. The van der Waals surface area contributed by atoms with Crippen LogP contribution in [0, 0.1) is 5.92 Å². The van der Waals surface area contributed by atoms with Crippen molar-refractivity contribution in [2.24, 2.45) is 5.92 Å². The van der Waals surface area contributed by atoms with Crippen molar-refractivity contribution < 1.29 is 9.53 Å². The molecule has 2 unspecified atom stereocenters. The SMILES string of the molecule is CCCC(C)CC(=O)NC(C)c1ccc(OCC)cc1. The maximum absolute atomic E-state index is 11.9. The molecular formula is C17H27NO2. The van der Waals surface area contributed by atoms with E-state index in [2.05, 4.69) is 19.2 Å². The van der Waals surface area contributed by atoms with Gasteiger partial charge in [0.05, 0.1) is 12.6 Å². The largest absolute Gasteiger partial charge is 0.494 e. The van der Waals surface area contributed by atoms with E-state index < -0.39 is 0 Å². The van der Waals surface area contributed by atoms with Gasteiger partial charge in [-0.25, -0.2) is 0 Å². The van der Waals surface area contributed by atoms with Crippen LogP contribution in [0.2, 0.25) is 0 Å². The van der Waals surface area contributed by atoms with Gasteiger partial charge >= 0.3 is 0 Å². The van der Waals surface area contributed by atoms with Crippen LogP contribution in [-0.2, 0) is 4.79 Å². The summed E-state index contributed by atoms with van der Waals surface area (Å²) in [6.45, 7) is 8.93. The molecule has 0 radical (unpaired) electrons. The summed E-state index contributed by atoms with van der Waals surface area (Å²) in [4.78, 5) is 11.9. The molecule has 0 aliphatic heterocycles. The maximum atomic E-state index is 11.9. The van der Waals surface area contributed by atoms with Crippen LogP contribution in [-0.4, -0.2) is 12.5 Å². The molecular weight excluding hydrogens is 250 g/mol. The summed E-state index contributed by atoms with van der Waals surface area (Å²) in [5.41, 5.74) is 1.10. The fourth-order valence-corrected chi connectivity index (χ4v) is 2.31. The molecule has 0 heterocycles. The molecule has 0 aromatic heterocycles. The molecule has 0 bridgehead atoms. The Labute approximate surface area is 122 Å². The van der Waals surface area contributed by atoms with Crippen LogP contribution in [0.3, 0.4) is 0 Å². The van der Waals surface area contributed by atoms with Crippen molar-refractivity contribution in [3.8, 4) is 5.75 Å². The number of hydrogen-bond donors (Lipinski definition) is 1. The van der Waals surface area contributed by atoms with E-state index in [1.54, 1.807) is 0 Å². The van der Waals surface area contributed by atoms with Gasteiger partial charge in [0.2, 0.25) is 5.91 Å². The smallest absolute Gasteiger partial charge is 0.220 e. The lowest BCUT2D eigenvalue weighted by Crippen LogP contribution is -2.27.